The SMILES string of the molecule is CCc1cccc(CC)c1NC(=O)c1[nH]ncc1N. The summed E-state index contributed by atoms with van der Waals surface area (Å²) in [5, 5.41) is 9.31. The molecule has 1 aromatic heterocycles. The van der Waals surface area contributed by atoms with Crippen molar-refractivity contribution in [1.82, 2.24) is 10.2 Å². The predicted octanol–water partition coefficient (Wildman–Crippen LogP) is 2.37. The molecule has 0 unspecified atom stereocenters. The van der Waals surface area contributed by atoms with Gasteiger partial charge >= 0.3 is 0 Å². The monoisotopic (exact) mass is 258 g/mol. The topological polar surface area (TPSA) is 83.8 Å². The van der Waals surface area contributed by atoms with E-state index in [0.29, 0.717) is 11.4 Å². The van der Waals surface area contributed by atoms with E-state index in [9.17, 15) is 4.79 Å². The molecule has 0 aliphatic rings. The van der Waals surface area contributed by atoms with E-state index in [4.69, 9.17) is 5.73 Å². The maximum Gasteiger partial charge on any atom is 0.275 e. The molecular weight excluding hydrogens is 240 g/mol. The van der Waals surface area contributed by atoms with Crippen LogP contribution in [0.5, 0.6) is 0 Å². The minimum absolute atomic E-state index is 0.259. The first-order valence-corrected chi connectivity index (χ1v) is 6.38. The van der Waals surface area contributed by atoms with Crippen molar-refractivity contribution in [2.24, 2.45) is 0 Å². The molecule has 0 aliphatic heterocycles. The number of H-pyrrole nitrogens is 1. The van der Waals surface area contributed by atoms with E-state index in [1.165, 1.54) is 6.20 Å². The van der Waals surface area contributed by atoms with Crippen molar-refractivity contribution in [3.8, 4) is 0 Å². The molecule has 0 fully saturated rings. The quantitative estimate of drug-likeness (QED) is 0.787. The number of nitrogen functional groups attached to an aromatic ring is 1. The Balaban J connectivity index is 2.33. The Morgan fingerprint density at radius 1 is 1.32 bits per heavy atom. The molecule has 0 bridgehead atoms. The number of aromatic nitrogens is 2. The molecule has 2 aromatic rings. The molecule has 5 heteroatoms. The third-order valence-corrected chi connectivity index (χ3v) is 3.13. The summed E-state index contributed by atoms with van der Waals surface area (Å²) in [5.41, 5.74) is 9.45. The average Bonchev–Trinajstić information content (AvgIpc) is 2.85. The number of carbonyl (C=O) groups excluding carboxylic acids is 1. The van der Waals surface area contributed by atoms with Crippen molar-refractivity contribution in [2.45, 2.75) is 26.7 Å². The largest absolute Gasteiger partial charge is 0.396 e. The van der Waals surface area contributed by atoms with Crippen molar-refractivity contribution in [3.63, 3.8) is 0 Å². The fourth-order valence-corrected chi connectivity index (χ4v) is 2.06. The van der Waals surface area contributed by atoms with Crippen LogP contribution in [0, 0.1) is 0 Å². The van der Waals surface area contributed by atoms with E-state index in [1.807, 2.05) is 18.2 Å². The van der Waals surface area contributed by atoms with Gasteiger partial charge in [0.2, 0.25) is 0 Å². The van der Waals surface area contributed by atoms with Gasteiger partial charge < -0.3 is 11.1 Å². The van der Waals surface area contributed by atoms with Crippen molar-refractivity contribution in [3.05, 3.63) is 41.2 Å². The molecule has 0 radical (unpaired) electrons. The van der Waals surface area contributed by atoms with E-state index in [0.717, 1.165) is 29.7 Å². The molecule has 1 heterocycles. The Morgan fingerprint density at radius 3 is 2.42 bits per heavy atom. The van der Waals surface area contributed by atoms with Crippen molar-refractivity contribution in [2.75, 3.05) is 11.1 Å². The summed E-state index contributed by atoms with van der Waals surface area (Å²) in [5.74, 6) is -0.259. The predicted molar refractivity (Wildman–Crippen MR) is 76.2 cm³/mol. The van der Waals surface area contributed by atoms with Crippen LogP contribution in [0.1, 0.15) is 35.5 Å². The number of amides is 1. The van der Waals surface area contributed by atoms with Gasteiger partial charge in [-0.15, -0.1) is 0 Å². The number of benzene rings is 1. The van der Waals surface area contributed by atoms with Crippen LogP contribution >= 0.6 is 0 Å². The first-order valence-electron chi connectivity index (χ1n) is 6.38. The number of carbonyl (C=O) groups is 1. The van der Waals surface area contributed by atoms with Gasteiger partial charge in [0.1, 0.15) is 5.69 Å². The van der Waals surface area contributed by atoms with E-state index >= 15 is 0 Å². The Bertz CT molecular complexity index is 567. The van der Waals surface area contributed by atoms with Crippen LogP contribution in [0.25, 0.3) is 0 Å². The summed E-state index contributed by atoms with van der Waals surface area (Å²) >= 11 is 0. The van der Waals surface area contributed by atoms with Crippen LogP contribution in [0.15, 0.2) is 24.4 Å². The number of hydrogen-bond donors (Lipinski definition) is 3. The van der Waals surface area contributed by atoms with Gasteiger partial charge in [-0.3, -0.25) is 9.89 Å². The molecule has 4 N–H and O–H groups in total. The number of rotatable bonds is 4. The molecule has 0 atom stereocenters. The Labute approximate surface area is 112 Å². The molecule has 1 aromatic carbocycles. The summed E-state index contributed by atoms with van der Waals surface area (Å²) in [6.45, 7) is 4.13. The van der Waals surface area contributed by atoms with Gasteiger partial charge in [0.25, 0.3) is 5.91 Å². The summed E-state index contributed by atoms with van der Waals surface area (Å²) in [6.07, 6.45) is 3.16. The lowest BCUT2D eigenvalue weighted by atomic mass is 10.0. The number of nitrogens with one attached hydrogen (secondary N) is 2. The molecule has 5 nitrogen and oxygen atoms in total. The molecular formula is C14H18N4O. The zero-order chi connectivity index (χ0) is 13.8. The van der Waals surface area contributed by atoms with Gasteiger partial charge in [0.15, 0.2) is 0 Å². The van der Waals surface area contributed by atoms with E-state index in [1.54, 1.807) is 0 Å². The second-order valence-electron chi connectivity index (χ2n) is 4.31. The van der Waals surface area contributed by atoms with Crippen molar-refractivity contribution < 1.29 is 4.79 Å². The normalized spacial score (nSPS) is 10.4. The first kappa shape index (κ1) is 13.1. The smallest absolute Gasteiger partial charge is 0.275 e. The van der Waals surface area contributed by atoms with Crippen LogP contribution in [0.4, 0.5) is 11.4 Å². The number of aromatic amines is 1. The molecule has 2 rings (SSSR count). The van der Waals surface area contributed by atoms with Crippen LogP contribution in [0.3, 0.4) is 0 Å². The summed E-state index contributed by atoms with van der Waals surface area (Å²) in [4.78, 5) is 12.2. The zero-order valence-corrected chi connectivity index (χ0v) is 11.2. The number of hydrogen-bond acceptors (Lipinski definition) is 3. The fourth-order valence-electron chi connectivity index (χ4n) is 2.06. The highest BCUT2D eigenvalue weighted by Gasteiger charge is 2.15. The van der Waals surface area contributed by atoms with Crippen LogP contribution in [-0.4, -0.2) is 16.1 Å². The van der Waals surface area contributed by atoms with Crippen LogP contribution in [0.2, 0.25) is 0 Å². The van der Waals surface area contributed by atoms with Gasteiger partial charge in [0, 0.05) is 5.69 Å². The third kappa shape index (κ3) is 2.59. The zero-order valence-electron chi connectivity index (χ0n) is 11.2. The lowest BCUT2D eigenvalue weighted by molar-refractivity contribution is 0.102. The molecule has 19 heavy (non-hydrogen) atoms. The van der Waals surface area contributed by atoms with Gasteiger partial charge in [-0.05, 0) is 24.0 Å². The lowest BCUT2D eigenvalue weighted by Gasteiger charge is -2.14. The van der Waals surface area contributed by atoms with E-state index in [2.05, 4.69) is 29.4 Å². The number of para-hydroxylation sites is 1. The van der Waals surface area contributed by atoms with Gasteiger partial charge in [-0.25, -0.2) is 0 Å². The van der Waals surface area contributed by atoms with Crippen molar-refractivity contribution >= 4 is 17.3 Å². The molecule has 0 saturated carbocycles. The Morgan fingerprint density at radius 2 is 1.95 bits per heavy atom. The number of anilines is 2. The highest BCUT2D eigenvalue weighted by atomic mass is 16.2. The highest BCUT2D eigenvalue weighted by Crippen LogP contribution is 2.23. The van der Waals surface area contributed by atoms with Gasteiger partial charge in [-0.2, -0.15) is 5.10 Å². The molecule has 0 saturated heterocycles. The number of aryl methyl sites for hydroxylation is 2. The fraction of sp³-hybridized carbons (Fsp3) is 0.286. The second kappa shape index (κ2) is 5.56. The van der Waals surface area contributed by atoms with Crippen LogP contribution < -0.4 is 11.1 Å². The minimum atomic E-state index is -0.259. The summed E-state index contributed by atoms with van der Waals surface area (Å²) < 4.78 is 0. The molecule has 0 spiro atoms. The minimum Gasteiger partial charge on any atom is -0.396 e. The standard InChI is InChI=1S/C14H18N4O/c1-3-9-6-5-7-10(4-2)12(9)17-14(19)13-11(15)8-16-18-13/h5-8H,3-4,15H2,1-2H3,(H,16,18)(H,17,19). The van der Waals surface area contributed by atoms with E-state index < -0.39 is 0 Å². The molecule has 100 valence electrons. The average molecular weight is 258 g/mol. The maximum atomic E-state index is 12.2. The van der Waals surface area contributed by atoms with Gasteiger partial charge in [-0.1, -0.05) is 32.0 Å². The maximum absolute atomic E-state index is 12.2. The lowest BCUT2D eigenvalue weighted by Crippen LogP contribution is -2.16. The Hall–Kier alpha value is -2.30. The number of nitrogens with two attached hydrogens (primary N) is 1. The highest BCUT2D eigenvalue weighted by molar-refractivity contribution is 6.06. The van der Waals surface area contributed by atoms with Gasteiger partial charge in [0.05, 0.1) is 11.9 Å². The van der Waals surface area contributed by atoms with Crippen LogP contribution in [-0.2, 0) is 12.8 Å². The van der Waals surface area contributed by atoms with Crippen molar-refractivity contribution in [1.29, 1.82) is 0 Å². The third-order valence-electron chi connectivity index (χ3n) is 3.13. The first-order chi connectivity index (χ1) is 9.17. The Kier molecular flexibility index (Phi) is 3.85. The second-order valence-corrected chi connectivity index (χ2v) is 4.31. The molecule has 1 amide bonds. The summed E-state index contributed by atoms with van der Waals surface area (Å²) in [6, 6.07) is 6.05. The molecule has 0 aliphatic carbocycles. The van der Waals surface area contributed by atoms with E-state index in [-0.39, 0.29) is 5.91 Å². The number of nitrogens with zero attached hydrogens (tertiary/aromatic N) is 1. The summed E-state index contributed by atoms with van der Waals surface area (Å²) in [7, 11) is 0.